The molecule has 0 amide bonds. The highest BCUT2D eigenvalue weighted by atomic mass is 16.5. The summed E-state index contributed by atoms with van der Waals surface area (Å²) in [5, 5.41) is 6.75. The van der Waals surface area contributed by atoms with Crippen molar-refractivity contribution in [3.63, 3.8) is 0 Å². The number of rotatable bonds is 10. The monoisotopic (exact) mass is 377 g/mol. The summed E-state index contributed by atoms with van der Waals surface area (Å²) in [7, 11) is 5.68. The van der Waals surface area contributed by atoms with Crippen LogP contribution in [-0.2, 0) is 16.0 Å². The number of benzene rings is 1. The highest BCUT2D eigenvalue weighted by Gasteiger charge is 2.10. The zero-order chi connectivity index (χ0) is 19.3. The molecule has 7 nitrogen and oxygen atoms in total. The van der Waals surface area contributed by atoms with Crippen LogP contribution in [0.25, 0.3) is 0 Å². The molecule has 1 aromatic rings. The lowest BCUT2D eigenvalue weighted by molar-refractivity contribution is 0.122. The average Bonchev–Trinajstić information content (AvgIpc) is 2.72. The lowest BCUT2D eigenvalue weighted by Gasteiger charge is -2.29. The fourth-order valence-electron chi connectivity index (χ4n) is 3.01. The third-order valence-electron chi connectivity index (χ3n) is 4.67. The molecule has 0 spiro atoms. The lowest BCUT2D eigenvalue weighted by Crippen LogP contribution is -2.40. The van der Waals surface area contributed by atoms with Crippen LogP contribution in [0.2, 0.25) is 0 Å². The molecule has 1 saturated heterocycles. The first kappa shape index (κ1) is 21.5. The van der Waals surface area contributed by atoms with E-state index in [4.69, 9.17) is 9.47 Å². The van der Waals surface area contributed by atoms with Crippen LogP contribution < -0.4 is 15.5 Å². The number of guanidine groups is 1. The van der Waals surface area contributed by atoms with Crippen LogP contribution in [0.1, 0.15) is 12.0 Å². The van der Waals surface area contributed by atoms with Gasteiger partial charge in [0.05, 0.1) is 13.2 Å². The Labute approximate surface area is 163 Å². The van der Waals surface area contributed by atoms with Crippen LogP contribution in [0.3, 0.4) is 0 Å². The van der Waals surface area contributed by atoms with Gasteiger partial charge in [-0.1, -0.05) is 12.1 Å². The third-order valence-corrected chi connectivity index (χ3v) is 4.67. The van der Waals surface area contributed by atoms with E-state index in [1.807, 2.05) is 0 Å². The first-order valence-corrected chi connectivity index (χ1v) is 9.76. The average molecular weight is 378 g/mol. The zero-order valence-electron chi connectivity index (χ0n) is 17.0. The second-order valence-electron chi connectivity index (χ2n) is 6.77. The zero-order valence-corrected chi connectivity index (χ0v) is 17.0. The van der Waals surface area contributed by atoms with Crippen molar-refractivity contribution in [2.45, 2.75) is 13.0 Å². The Morgan fingerprint density at radius 1 is 1.19 bits per heavy atom. The molecule has 0 saturated carbocycles. The lowest BCUT2D eigenvalue weighted by atomic mass is 10.2. The fourth-order valence-corrected chi connectivity index (χ4v) is 3.01. The van der Waals surface area contributed by atoms with Crippen LogP contribution in [0.4, 0.5) is 5.69 Å². The summed E-state index contributed by atoms with van der Waals surface area (Å²) < 4.78 is 10.5. The van der Waals surface area contributed by atoms with E-state index in [-0.39, 0.29) is 0 Å². The van der Waals surface area contributed by atoms with E-state index in [2.05, 4.69) is 56.7 Å². The maximum Gasteiger partial charge on any atom is 0.191 e. The van der Waals surface area contributed by atoms with Crippen LogP contribution in [0.15, 0.2) is 29.3 Å². The van der Waals surface area contributed by atoms with E-state index in [0.29, 0.717) is 0 Å². The minimum Gasteiger partial charge on any atom is -0.385 e. The smallest absolute Gasteiger partial charge is 0.191 e. The van der Waals surface area contributed by atoms with Crippen molar-refractivity contribution in [3.05, 3.63) is 29.8 Å². The Morgan fingerprint density at radius 3 is 2.59 bits per heavy atom. The van der Waals surface area contributed by atoms with Crippen molar-refractivity contribution in [2.75, 3.05) is 78.6 Å². The number of morpholine rings is 1. The van der Waals surface area contributed by atoms with Gasteiger partial charge in [-0.2, -0.15) is 0 Å². The molecule has 0 aromatic heterocycles. The van der Waals surface area contributed by atoms with E-state index in [9.17, 15) is 0 Å². The summed E-state index contributed by atoms with van der Waals surface area (Å²) in [6.07, 6.45) is 1.06. The maximum atomic E-state index is 5.41. The number of nitrogens with one attached hydrogen (secondary N) is 2. The third kappa shape index (κ3) is 8.15. The minimum atomic E-state index is 0.757. The number of ether oxygens (including phenoxy) is 2. The molecule has 7 heteroatoms. The van der Waals surface area contributed by atoms with Crippen molar-refractivity contribution in [3.8, 4) is 0 Å². The predicted molar refractivity (Wildman–Crippen MR) is 112 cm³/mol. The molecule has 1 aliphatic rings. The molecule has 152 valence electrons. The summed E-state index contributed by atoms with van der Waals surface area (Å²) >= 11 is 0. The Morgan fingerprint density at radius 2 is 1.93 bits per heavy atom. The van der Waals surface area contributed by atoms with Gasteiger partial charge < -0.3 is 29.9 Å². The maximum absolute atomic E-state index is 5.41. The number of nitrogens with zero attached hydrogens (tertiary/aromatic N) is 3. The molecule has 0 atom stereocenters. The molecule has 2 rings (SSSR count). The van der Waals surface area contributed by atoms with E-state index in [0.717, 1.165) is 71.5 Å². The van der Waals surface area contributed by atoms with Crippen molar-refractivity contribution in [1.29, 1.82) is 0 Å². The van der Waals surface area contributed by atoms with Gasteiger partial charge in [-0.25, -0.2) is 0 Å². The van der Waals surface area contributed by atoms with Crippen molar-refractivity contribution in [1.82, 2.24) is 15.5 Å². The van der Waals surface area contributed by atoms with Gasteiger partial charge in [-0.15, -0.1) is 0 Å². The van der Waals surface area contributed by atoms with Crippen molar-refractivity contribution in [2.24, 2.45) is 4.99 Å². The van der Waals surface area contributed by atoms with E-state index >= 15 is 0 Å². The molecule has 2 N–H and O–H groups in total. The standard InChI is InChI=1S/C20H35N5O2/c1-21-20(22-9-11-24(2)10-4-14-26-3)23-17-18-5-7-19(8-6-18)25-12-15-27-16-13-25/h5-8H,4,9-17H2,1-3H3,(H2,21,22,23). The molecule has 0 bridgehead atoms. The quantitative estimate of drug-likeness (QED) is 0.362. The topological polar surface area (TPSA) is 61.4 Å². The van der Waals surface area contributed by atoms with Crippen molar-refractivity contribution < 1.29 is 9.47 Å². The summed E-state index contributed by atoms with van der Waals surface area (Å²) in [6.45, 7) is 7.99. The van der Waals surface area contributed by atoms with E-state index in [1.54, 1.807) is 14.2 Å². The fraction of sp³-hybridized carbons (Fsp3) is 0.650. The van der Waals surface area contributed by atoms with Gasteiger partial charge in [-0.05, 0) is 31.2 Å². The van der Waals surface area contributed by atoms with Crippen LogP contribution in [-0.4, -0.2) is 84.6 Å². The van der Waals surface area contributed by atoms with E-state index < -0.39 is 0 Å². The first-order chi connectivity index (χ1) is 13.2. The van der Waals surface area contributed by atoms with Gasteiger partial charge in [0.15, 0.2) is 5.96 Å². The second kappa shape index (κ2) is 12.5. The second-order valence-corrected chi connectivity index (χ2v) is 6.77. The van der Waals surface area contributed by atoms with Gasteiger partial charge in [0.1, 0.15) is 0 Å². The van der Waals surface area contributed by atoms with Gasteiger partial charge in [0, 0.05) is 65.7 Å². The van der Waals surface area contributed by atoms with Gasteiger partial charge in [0.25, 0.3) is 0 Å². The number of methoxy groups -OCH3 is 1. The predicted octanol–water partition coefficient (Wildman–Crippen LogP) is 1.16. The summed E-state index contributed by atoms with van der Waals surface area (Å²) in [5.74, 6) is 0.831. The number of hydrogen-bond donors (Lipinski definition) is 2. The molecule has 0 radical (unpaired) electrons. The molecule has 0 unspecified atom stereocenters. The van der Waals surface area contributed by atoms with E-state index in [1.165, 1.54) is 11.3 Å². The summed E-state index contributed by atoms with van der Waals surface area (Å²) in [6, 6.07) is 8.73. The summed E-state index contributed by atoms with van der Waals surface area (Å²) in [4.78, 5) is 8.96. The molecule has 0 aliphatic carbocycles. The Hall–Kier alpha value is -1.83. The molecule has 1 aromatic carbocycles. The Kier molecular flexibility index (Phi) is 9.97. The van der Waals surface area contributed by atoms with Gasteiger partial charge >= 0.3 is 0 Å². The minimum absolute atomic E-state index is 0.757. The normalized spacial score (nSPS) is 15.3. The molecule has 1 fully saturated rings. The van der Waals surface area contributed by atoms with Crippen LogP contribution in [0.5, 0.6) is 0 Å². The SMILES string of the molecule is CN=C(NCCN(C)CCCOC)NCc1ccc(N2CCOCC2)cc1. The first-order valence-electron chi connectivity index (χ1n) is 9.76. The van der Waals surface area contributed by atoms with Gasteiger partial charge in [-0.3, -0.25) is 4.99 Å². The molecule has 1 aliphatic heterocycles. The van der Waals surface area contributed by atoms with Crippen molar-refractivity contribution >= 4 is 11.6 Å². The number of anilines is 1. The Balaban J connectivity index is 1.67. The molecule has 1 heterocycles. The van der Waals surface area contributed by atoms with Crippen LogP contribution in [0, 0.1) is 0 Å². The largest absolute Gasteiger partial charge is 0.385 e. The highest BCUT2D eigenvalue weighted by Crippen LogP contribution is 2.16. The molecular weight excluding hydrogens is 342 g/mol. The number of aliphatic imine (C=N–C) groups is 1. The number of likely N-dealkylation sites (N-methyl/N-ethyl adjacent to an activating group) is 1. The van der Waals surface area contributed by atoms with Gasteiger partial charge in [0.2, 0.25) is 0 Å². The Bertz CT molecular complexity index is 544. The summed E-state index contributed by atoms with van der Waals surface area (Å²) in [5.41, 5.74) is 2.51. The number of hydrogen-bond acceptors (Lipinski definition) is 5. The highest BCUT2D eigenvalue weighted by molar-refractivity contribution is 5.79. The molecular formula is C20H35N5O2. The van der Waals surface area contributed by atoms with Crippen LogP contribution >= 0.6 is 0 Å². The molecule has 27 heavy (non-hydrogen) atoms.